The molecule has 0 saturated carbocycles. The number of hydrazine groups is 1. The van der Waals surface area contributed by atoms with E-state index in [9.17, 15) is 0 Å². The first-order valence-electron chi connectivity index (χ1n) is 7.47. The molecular weight excluding hydrogens is 248 g/mol. The van der Waals surface area contributed by atoms with Crippen LogP contribution in [0.4, 0.5) is 11.5 Å². The molecule has 4 nitrogen and oxygen atoms in total. The Morgan fingerprint density at radius 1 is 1.20 bits per heavy atom. The van der Waals surface area contributed by atoms with Crippen molar-refractivity contribution in [1.82, 2.24) is 4.98 Å². The lowest BCUT2D eigenvalue weighted by molar-refractivity contribution is 0.578. The van der Waals surface area contributed by atoms with Crippen molar-refractivity contribution in [2.45, 2.75) is 32.6 Å². The smallest absolute Gasteiger partial charge is 0.143 e. The van der Waals surface area contributed by atoms with E-state index in [0.29, 0.717) is 0 Å². The molecule has 1 aliphatic rings. The van der Waals surface area contributed by atoms with Gasteiger partial charge in [-0.05, 0) is 55.5 Å². The number of rotatable bonds is 3. The third-order valence-electron chi connectivity index (χ3n) is 4.12. The van der Waals surface area contributed by atoms with E-state index in [4.69, 9.17) is 5.84 Å². The third kappa shape index (κ3) is 2.43. The van der Waals surface area contributed by atoms with Crippen LogP contribution in [-0.2, 0) is 6.42 Å². The average Bonchev–Trinajstić information content (AvgIpc) is 2.53. The highest BCUT2D eigenvalue weighted by molar-refractivity contribution is 5.85. The van der Waals surface area contributed by atoms with Crippen molar-refractivity contribution in [3.05, 3.63) is 29.8 Å². The number of nitrogens with one attached hydrogen (secondary N) is 1. The van der Waals surface area contributed by atoms with E-state index in [1.807, 2.05) is 0 Å². The van der Waals surface area contributed by atoms with Gasteiger partial charge < -0.3 is 10.3 Å². The summed E-state index contributed by atoms with van der Waals surface area (Å²) in [7, 11) is 0. The predicted octanol–water partition coefficient (Wildman–Crippen LogP) is 3.07. The monoisotopic (exact) mass is 270 g/mol. The molecule has 1 aromatic heterocycles. The molecule has 3 rings (SSSR count). The summed E-state index contributed by atoms with van der Waals surface area (Å²) in [6.45, 7) is 4.46. The van der Waals surface area contributed by atoms with E-state index < -0.39 is 0 Å². The van der Waals surface area contributed by atoms with Gasteiger partial charge >= 0.3 is 0 Å². The Morgan fingerprint density at radius 2 is 2.00 bits per heavy atom. The van der Waals surface area contributed by atoms with Crippen LogP contribution in [0.1, 0.15) is 31.7 Å². The van der Waals surface area contributed by atoms with Crippen LogP contribution >= 0.6 is 0 Å². The first kappa shape index (κ1) is 13.2. The Balaban J connectivity index is 2.01. The second-order valence-corrected chi connectivity index (χ2v) is 5.42. The first-order valence-corrected chi connectivity index (χ1v) is 7.47. The van der Waals surface area contributed by atoms with Crippen molar-refractivity contribution in [2.75, 3.05) is 23.4 Å². The Morgan fingerprint density at radius 3 is 2.70 bits per heavy atom. The fraction of sp³-hybridized carbons (Fsp3) is 0.438. The molecule has 0 amide bonds. The molecule has 0 radical (unpaired) electrons. The van der Waals surface area contributed by atoms with E-state index in [-0.39, 0.29) is 0 Å². The minimum Gasteiger partial charge on any atom is -0.372 e. The van der Waals surface area contributed by atoms with Gasteiger partial charge in [0.25, 0.3) is 0 Å². The molecule has 0 aliphatic carbocycles. The number of hydrogen-bond acceptors (Lipinski definition) is 4. The molecule has 1 aliphatic heterocycles. The normalized spacial score (nSPS) is 15.6. The Hall–Kier alpha value is -1.81. The van der Waals surface area contributed by atoms with Crippen molar-refractivity contribution >= 4 is 22.4 Å². The van der Waals surface area contributed by atoms with Gasteiger partial charge in [-0.15, -0.1) is 0 Å². The summed E-state index contributed by atoms with van der Waals surface area (Å²) in [4.78, 5) is 7.07. The van der Waals surface area contributed by atoms with Crippen LogP contribution in [0.15, 0.2) is 24.3 Å². The maximum Gasteiger partial charge on any atom is 0.143 e. The summed E-state index contributed by atoms with van der Waals surface area (Å²) < 4.78 is 0. The molecule has 2 heterocycles. The van der Waals surface area contributed by atoms with Gasteiger partial charge in [0.15, 0.2) is 0 Å². The lowest BCUT2D eigenvalue weighted by Gasteiger charge is -2.29. The van der Waals surface area contributed by atoms with E-state index in [1.165, 1.54) is 43.4 Å². The molecule has 1 saturated heterocycles. The summed E-state index contributed by atoms with van der Waals surface area (Å²) in [6, 6.07) is 8.73. The van der Waals surface area contributed by atoms with E-state index in [2.05, 4.69) is 46.5 Å². The molecule has 0 unspecified atom stereocenters. The molecule has 106 valence electrons. The number of anilines is 2. The summed E-state index contributed by atoms with van der Waals surface area (Å²) in [6.07, 6.45) is 4.88. The summed E-state index contributed by atoms with van der Waals surface area (Å²) in [5.41, 5.74) is 6.17. The number of pyridine rings is 1. The van der Waals surface area contributed by atoms with E-state index >= 15 is 0 Å². The van der Waals surface area contributed by atoms with Crippen molar-refractivity contribution in [3.63, 3.8) is 0 Å². The number of benzene rings is 1. The zero-order chi connectivity index (χ0) is 13.9. The average molecular weight is 270 g/mol. The minimum absolute atomic E-state index is 0.783. The number of fused-ring (bicyclic) bond motifs is 1. The molecule has 1 fully saturated rings. The van der Waals surface area contributed by atoms with E-state index in [0.717, 1.165) is 23.3 Å². The number of nitrogen functional groups attached to an aromatic ring is 1. The molecule has 0 atom stereocenters. The number of nitrogens with two attached hydrogens (primary N) is 1. The van der Waals surface area contributed by atoms with Crippen LogP contribution in [0.3, 0.4) is 0 Å². The van der Waals surface area contributed by atoms with Crippen molar-refractivity contribution < 1.29 is 0 Å². The topological polar surface area (TPSA) is 54.2 Å². The molecule has 2 aromatic rings. The number of nitrogens with zero attached hydrogens (tertiary/aromatic N) is 2. The largest absolute Gasteiger partial charge is 0.372 e. The van der Waals surface area contributed by atoms with Gasteiger partial charge in [0.2, 0.25) is 0 Å². The highest BCUT2D eigenvalue weighted by Gasteiger charge is 2.12. The zero-order valence-corrected chi connectivity index (χ0v) is 12.0. The summed E-state index contributed by atoms with van der Waals surface area (Å²) in [5.74, 6) is 6.33. The molecule has 1 aromatic carbocycles. The van der Waals surface area contributed by atoms with Gasteiger partial charge in [0.05, 0.1) is 5.52 Å². The van der Waals surface area contributed by atoms with Gasteiger partial charge in [-0.25, -0.2) is 10.8 Å². The van der Waals surface area contributed by atoms with Crippen molar-refractivity contribution in [2.24, 2.45) is 5.84 Å². The number of hydrogen-bond donors (Lipinski definition) is 2. The van der Waals surface area contributed by atoms with E-state index in [1.54, 1.807) is 0 Å². The van der Waals surface area contributed by atoms with Crippen LogP contribution in [0, 0.1) is 0 Å². The highest BCUT2D eigenvalue weighted by Crippen LogP contribution is 2.26. The molecule has 3 N–H and O–H groups in total. The number of piperidine rings is 1. The van der Waals surface area contributed by atoms with Gasteiger partial charge in [-0.3, -0.25) is 0 Å². The predicted molar refractivity (Wildman–Crippen MR) is 85.0 cm³/mol. The maximum absolute atomic E-state index is 5.54. The number of aromatic nitrogens is 1. The fourth-order valence-electron chi connectivity index (χ4n) is 2.95. The molecule has 0 spiro atoms. The Labute approximate surface area is 120 Å². The SMILES string of the molecule is CCc1cc2cc(N3CCCCC3)ccc2nc1NN. The Kier molecular flexibility index (Phi) is 3.74. The minimum atomic E-state index is 0.783. The summed E-state index contributed by atoms with van der Waals surface area (Å²) in [5, 5.41) is 1.20. The lowest BCUT2D eigenvalue weighted by atomic mass is 10.1. The van der Waals surface area contributed by atoms with Gasteiger partial charge in [0, 0.05) is 24.2 Å². The van der Waals surface area contributed by atoms with Gasteiger partial charge in [-0.1, -0.05) is 6.92 Å². The standard InChI is InChI=1S/C16H22N4/c1-2-12-10-13-11-14(20-8-4-3-5-9-20)6-7-15(13)18-16(12)19-17/h6-7,10-11H,2-5,8-9,17H2,1H3,(H,18,19). The van der Waals surface area contributed by atoms with Crippen molar-refractivity contribution in [3.8, 4) is 0 Å². The molecule has 0 bridgehead atoms. The van der Waals surface area contributed by atoms with Crippen molar-refractivity contribution in [1.29, 1.82) is 0 Å². The molecular formula is C16H22N4. The Bertz CT molecular complexity index is 603. The molecule has 20 heavy (non-hydrogen) atoms. The summed E-state index contributed by atoms with van der Waals surface area (Å²) >= 11 is 0. The lowest BCUT2D eigenvalue weighted by Crippen LogP contribution is -2.29. The zero-order valence-electron chi connectivity index (χ0n) is 12.0. The highest BCUT2D eigenvalue weighted by atomic mass is 15.2. The van der Waals surface area contributed by atoms with Crippen LogP contribution in [-0.4, -0.2) is 18.1 Å². The van der Waals surface area contributed by atoms with Crippen LogP contribution in [0.25, 0.3) is 10.9 Å². The van der Waals surface area contributed by atoms with Crippen LogP contribution in [0.5, 0.6) is 0 Å². The quantitative estimate of drug-likeness (QED) is 0.665. The second kappa shape index (κ2) is 5.67. The van der Waals surface area contributed by atoms with Crippen LogP contribution in [0.2, 0.25) is 0 Å². The van der Waals surface area contributed by atoms with Gasteiger partial charge in [-0.2, -0.15) is 0 Å². The third-order valence-corrected chi connectivity index (χ3v) is 4.12. The molecule has 4 heteroatoms. The maximum atomic E-state index is 5.54. The first-order chi connectivity index (χ1) is 9.81. The van der Waals surface area contributed by atoms with Gasteiger partial charge in [0.1, 0.15) is 5.82 Å². The van der Waals surface area contributed by atoms with Crippen LogP contribution < -0.4 is 16.2 Å². The second-order valence-electron chi connectivity index (χ2n) is 5.42. The fourth-order valence-corrected chi connectivity index (χ4v) is 2.95. The number of aryl methyl sites for hydroxylation is 1.